The third-order valence-corrected chi connectivity index (χ3v) is 11.9. The number of imide groups is 1. The van der Waals surface area contributed by atoms with Gasteiger partial charge in [-0.3, -0.25) is 44.4 Å². The highest BCUT2D eigenvalue weighted by Crippen LogP contribution is 2.52. The van der Waals surface area contributed by atoms with Crippen molar-refractivity contribution in [1.82, 2.24) is 24.6 Å². The third-order valence-electron chi connectivity index (χ3n) is 11.5. The van der Waals surface area contributed by atoms with E-state index in [2.05, 4.69) is 26.2 Å². The lowest BCUT2D eigenvalue weighted by Crippen LogP contribution is -2.54. The molecule has 2 aliphatic heterocycles. The number of aliphatic hydroxyl groups is 1. The fraction of sp³-hybridized carbons (Fsp3) is 0.261. The van der Waals surface area contributed by atoms with Crippen molar-refractivity contribution in [2.45, 2.75) is 56.3 Å². The minimum absolute atomic E-state index is 0.0217. The van der Waals surface area contributed by atoms with Crippen LogP contribution in [0, 0.1) is 18.3 Å². The zero-order valence-corrected chi connectivity index (χ0v) is 36.3. The Morgan fingerprint density at radius 1 is 0.954 bits per heavy atom. The quantitative estimate of drug-likeness (QED) is 0.0417. The summed E-state index contributed by atoms with van der Waals surface area (Å²) >= 11 is 0. The number of aromatic amines is 1. The molecular weight excluding hydrogens is 858 g/mol. The van der Waals surface area contributed by atoms with Crippen LogP contribution in [-0.4, -0.2) is 90.9 Å². The van der Waals surface area contributed by atoms with E-state index in [1.165, 1.54) is 31.2 Å². The Bertz CT molecular complexity index is 2800. The highest BCUT2D eigenvalue weighted by molar-refractivity contribution is 7.43. The van der Waals surface area contributed by atoms with Crippen molar-refractivity contribution >= 4 is 43.4 Å². The second-order valence-corrected chi connectivity index (χ2v) is 16.3. The summed E-state index contributed by atoms with van der Waals surface area (Å²) in [5.41, 5.74) is 5.84. The average Bonchev–Trinajstić information content (AvgIpc) is 3.95. The number of hydroxylamine groups is 2. The van der Waals surface area contributed by atoms with Crippen LogP contribution in [0.2, 0.25) is 0 Å². The van der Waals surface area contributed by atoms with Gasteiger partial charge < -0.3 is 28.7 Å². The lowest BCUT2D eigenvalue weighted by molar-refractivity contribution is -0.177. The topological polar surface area (TPSA) is 243 Å². The Morgan fingerprint density at radius 3 is 2.17 bits per heavy atom. The normalized spacial score (nSPS) is 19.3. The number of hydrogen-bond acceptors (Lipinski definition) is 14. The SMILES string of the molecule is C#CCc1cccc2c1C(=O)N(O[C@@H]1[C@H](O)[C@@H](C(OP(N)O)C(c3ccccc3)(c3ccc(OC)cc3)c3ccc(OC)cc3)O[C@H]1n1cnc3c(=O)[nH]c(NC(=O)C(C)C)nc31)C2=O. The number of carbonyl (C=O) groups is 3. The predicted octanol–water partition coefficient (Wildman–Crippen LogP) is 4.36. The molecule has 6 N–H and O–H groups in total. The zero-order valence-electron chi connectivity index (χ0n) is 35.4. The monoisotopic (exact) mass is 901 g/mol. The van der Waals surface area contributed by atoms with Gasteiger partial charge in [0.2, 0.25) is 11.9 Å². The molecule has 8 rings (SSSR count). The first kappa shape index (κ1) is 44.8. The summed E-state index contributed by atoms with van der Waals surface area (Å²) in [5, 5.41) is 16.0. The molecule has 0 aliphatic carbocycles. The Labute approximate surface area is 373 Å². The molecule has 2 unspecified atom stereocenters. The minimum atomic E-state index is -2.75. The summed E-state index contributed by atoms with van der Waals surface area (Å²) in [5.74, 6) is 0.731. The van der Waals surface area contributed by atoms with Crippen molar-refractivity contribution in [2.24, 2.45) is 11.4 Å². The van der Waals surface area contributed by atoms with Crippen molar-refractivity contribution in [3.05, 3.63) is 147 Å². The molecular formula is C46H44N7O11P. The lowest BCUT2D eigenvalue weighted by atomic mass is 9.64. The molecule has 3 amide bonds. The molecule has 0 spiro atoms. The molecule has 4 aromatic carbocycles. The van der Waals surface area contributed by atoms with Crippen LogP contribution in [0.4, 0.5) is 5.95 Å². The summed E-state index contributed by atoms with van der Waals surface area (Å²) in [4.78, 5) is 83.3. The Balaban J connectivity index is 1.35. The smallest absolute Gasteiger partial charge is 0.286 e. The van der Waals surface area contributed by atoms with E-state index in [0.717, 1.165) is 0 Å². The van der Waals surface area contributed by atoms with Gasteiger partial charge in [-0.25, -0.2) is 4.98 Å². The molecule has 0 bridgehead atoms. The van der Waals surface area contributed by atoms with E-state index in [1.54, 1.807) is 74.5 Å². The number of imidazole rings is 1. The van der Waals surface area contributed by atoms with Crippen molar-refractivity contribution in [3.8, 4) is 23.8 Å². The molecule has 0 radical (unpaired) electrons. The first-order valence-corrected chi connectivity index (χ1v) is 21.6. The molecule has 18 nitrogen and oxygen atoms in total. The van der Waals surface area contributed by atoms with E-state index < -0.39 is 73.8 Å². The number of hydrogen-bond donors (Lipinski definition) is 5. The molecule has 2 aliphatic rings. The van der Waals surface area contributed by atoms with E-state index in [1.807, 2.05) is 30.3 Å². The van der Waals surface area contributed by atoms with Gasteiger partial charge in [0, 0.05) is 12.3 Å². The molecule has 1 saturated heterocycles. The number of benzene rings is 4. The van der Waals surface area contributed by atoms with Gasteiger partial charge >= 0.3 is 0 Å². The van der Waals surface area contributed by atoms with Gasteiger partial charge in [-0.05, 0) is 52.6 Å². The Morgan fingerprint density at radius 2 is 1.58 bits per heavy atom. The fourth-order valence-electron chi connectivity index (χ4n) is 8.41. The van der Waals surface area contributed by atoms with Crippen molar-refractivity contribution in [2.75, 3.05) is 19.5 Å². The number of carbonyl (C=O) groups excluding carboxylic acids is 3. The Kier molecular flexibility index (Phi) is 12.6. The minimum Gasteiger partial charge on any atom is -0.497 e. The Hall–Kier alpha value is -6.81. The molecule has 65 heavy (non-hydrogen) atoms. The summed E-state index contributed by atoms with van der Waals surface area (Å²) < 4.78 is 25.7. The largest absolute Gasteiger partial charge is 0.497 e. The van der Waals surface area contributed by atoms with Crippen LogP contribution in [0.1, 0.15) is 63.0 Å². The average molecular weight is 902 g/mol. The van der Waals surface area contributed by atoms with Crippen molar-refractivity contribution in [3.63, 3.8) is 0 Å². The number of nitrogens with zero attached hydrogens (tertiary/aromatic N) is 4. The molecule has 6 aromatic rings. The molecule has 19 heteroatoms. The van der Waals surface area contributed by atoms with Crippen LogP contribution in [-0.2, 0) is 30.7 Å². The summed E-state index contributed by atoms with van der Waals surface area (Å²) in [6.07, 6.45) is -1.28. The fourth-order valence-corrected chi connectivity index (χ4v) is 8.92. The molecule has 1 fully saturated rings. The van der Waals surface area contributed by atoms with E-state index in [-0.39, 0.29) is 34.7 Å². The van der Waals surface area contributed by atoms with Gasteiger partial charge in [0.1, 0.15) is 29.8 Å². The predicted molar refractivity (Wildman–Crippen MR) is 236 cm³/mol. The number of aliphatic hydroxyl groups excluding tert-OH is 1. The van der Waals surface area contributed by atoms with Crippen LogP contribution >= 0.6 is 8.53 Å². The number of aromatic nitrogens is 4. The van der Waals surface area contributed by atoms with Gasteiger partial charge in [-0.2, -0.15) is 4.98 Å². The first-order chi connectivity index (χ1) is 31.3. The van der Waals surface area contributed by atoms with Gasteiger partial charge in [-0.1, -0.05) is 80.6 Å². The first-order valence-electron chi connectivity index (χ1n) is 20.3. The summed E-state index contributed by atoms with van der Waals surface area (Å²) in [7, 11) is 0.301. The van der Waals surface area contributed by atoms with Crippen molar-refractivity contribution in [1.29, 1.82) is 0 Å². The molecule has 334 valence electrons. The van der Waals surface area contributed by atoms with Crippen LogP contribution in [0.15, 0.2) is 108 Å². The third kappa shape index (κ3) is 8.04. The second kappa shape index (κ2) is 18.4. The number of anilines is 1. The maximum Gasteiger partial charge on any atom is 0.286 e. The maximum absolute atomic E-state index is 14.2. The molecule has 6 atom stereocenters. The number of methoxy groups -OCH3 is 2. The van der Waals surface area contributed by atoms with Crippen molar-refractivity contribution < 1.29 is 48.0 Å². The molecule has 0 saturated carbocycles. The summed E-state index contributed by atoms with van der Waals surface area (Å²) in [6.45, 7) is 3.32. The van der Waals surface area contributed by atoms with Gasteiger partial charge in [0.05, 0.1) is 37.1 Å². The van der Waals surface area contributed by atoms with Gasteiger partial charge in [0.25, 0.3) is 25.9 Å². The van der Waals surface area contributed by atoms with E-state index in [4.69, 9.17) is 35.5 Å². The van der Waals surface area contributed by atoms with Gasteiger partial charge in [0.15, 0.2) is 23.5 Å². The van der Waals surface area contributed by atoms with Crippen LogP contribution in [0.3, 0.4) is 0 Å². The number of amides is 3. The van der Waals surface area contributed by atoms with Gasteiger partial charge in [-0.15, -0.1) is 17.4 Å². The summed E-state index contributed by atoms with van der Waals surface area (Å²) in [6, 6.07) is 28.0. The number of fused-ring (bicyclic) bond motifs is 2. The lowest BCUT2D eigenvalue weighted by Gasteiger charge is -2.45. The number of ether oxygens (including phenoxy) is 3. The number of nitrogens with one attached hydrogen (secondary N) is 2. The molecule has 4 heterocycles. The maximum atomic E-state index is 14.2. The van der Waals surface area contributed by atoms with E-state index in [0.29, 0.717) is 38.8 Å². The second-order valence-electron chi connectivity index (χ2n) is 15.5. The number of rotatable bonds is 15. The highest BCUT2D eigenvalue weighted by atomic mass is 31.2. The van der Waals surface area contributed by atoms with E-state index in [9.17, 15) is 29.2 Å². The van der Waals surface area contributed by atoms with Crippen LogP contribution in [0.25, 0.3) is 11.2 Å². The number of nitrogens with two attached hydrogens (primary N) is 1. The van der Waals surface area contributed by atoms with Crippen LogP contribution < -0.4 is 25.9 Å². The van der Waals surface area contributed by atoms with E-state index >= 15 is 0 Å². The number of H-pyrrole nitrogens is 1. The highest BCUT2D eigenvalue weighted by Gasteiger charge is 2.59. The molecule has 2 aromatic heterocycles. The zero-order chi connectivity index (χ0) is 46.2. The standard InChI is InChI=1S/C46H44N7O11P/c1-6-11-26-12-10-15-32-33(26)43(58)53(42(32)57)63-37-35(54)36(62-44(37)52-24-48-34-39(52)49-45(51-41(34)56)50-40(55)25(2)3)38(64-65(47)59)46(27-13-8-7-9-14-27,28-16-20-30(60-4)21-17-28)29-18-22-31(61-5)23-19-29/h1,7-10,12-25,35-38,44,54,59H,11,47H2,2-5H3,(H2,49,50,51,55,56)/t35-,36+,37-,38?,44-,65?/m1/s1. The van der Waals surface area contributed by atoms with Crippen LogP contribution in [0.5, 0.6) is 11.5 Å². The number of terminal acetylenes is 1.